The smallest absolute Gasteiger partial charge is 0.229 e. The molecule has 120 valence electrons. The van der Waals surface area contributed by atoms with Crippen molar-refractivity contribution < 1.29 is 9.90 Å². The summed E-state index contributed by atoms with van der Waals surface area (Å²) in [5.74, 6) is 0.312. The van der Waals surface area contributed by atoms with E-state index in [0.717, 1.165) is 19.4 Å². The highest BCUT2D eigenvalue weighted by atomic mass is 35.5. The summed E-state index contributed by atoms with van der Waals surface area (Å²) in [6.45, 7) is 1.38. The number of amides is 1. The number of anilines is 2. The van der Waals surface area contributed by atoms with Crippen LogP contribution in [-0.2, 0) is 4.79 Å². The third kappa shape index (κ3) is 3.71. The van der Waals surface area contributed by atoms with Gasteiger partial charge in [-0.15, -0.1) is 0 Å². The van der Waals surface area contributed by atoms with E-state index in [1.165, 1.54) is 12.1 Å². The van der Waals surface area contributed by atoms with Gasteiger partial charge in [-0.2, -0.15) is 0 Å². The zero-order chi connectivity index (χ0) is 16.2. The average Bonchev–Trinajstić information content (AvgIpc) is 2.59. The van der Waals surface area contributed by atoms with Crippen LogP contribution >= 0.6 is 11.6 Å². The van der Waals surface area contributed by atoms with E-state index in [1.54, 1.807) is 24.5 Å². The minimum absolute atomic E-state index is 0.00167. The first-order valence-corrected chi connectivity index (χ1v) is 7.82. The van der Waals surface area contributed by atoms with Gasteiger partial charge in [0.25, 0.3) is 0 Å². The zero-order valence-corrected chi connectivity index (χ0v) is 13.2. The van der Waals surface area contributed by atoms with Gasteiger partial charge in [0.15, 0.2) is 0 Å². The van der Waals surface area contributed by atoms with Crippen LogP contribution in [0.15, 0.2) is 36.7 Å². The third-order valence-electron chi connectivity index (χ3n) is 3.84. The first-order valence-electron chi connectivity index (χ1n) is 7.45. The summed E-state index contributed by atoms with van der Waals surface area (Å²) < 4.78 is 0. The molecule has 1 aliphatic heterocycles. The van der Waals surface area contributed by atoms with Gasteiger partial charge >= 0.3 is 0 Å². The number of hydrogen-bond donors (Lipinski definition) is 2. The molecule has 2 aromatic rings. The molecule has 23 heavy (non-hydrogen) atoms. The van der Waals surface area contributed by atoms with Crippen molar-refractivity contribution in [2.24, 2.45) is 5.92 Å². The zero-order valence-electron chi connectivity index (χ0n) is 12.4. The number of aromatic hydroxyl groups is 1. The standard InChI is InChI=1S/C16H17ClN4O2/c17-12-4-5-14(22)13(9-12)20-15(23)11-3-1-8-21(10-11)16-18-6-2-7-19-16/h2,4-7,9,11,22H,1,3,8,10H2,(H,20,23). The molecule has 0 aliphatic carbocycles. The molecule has 0 radical (unpaired) electrons. The second-order valence-corrected chi connectivity index (χ2v) is 5.92. The fraction of sp³-hybridized carbons (Fsp3) is 0.312. The van der Waals surface area contributed by atoms with E-state index >= 15 is 0 Å². The fourth-order valence-corrected chi connectivity index (χ4v) is 2.84. The number of nitrogens with zero attached hydrogens (tertiary/aromatic N) is 3. The number of piperidine rings is 1. The number of phenolic OH excluding ortho intramolecular Hbond substituents is 1. The van der Waals surface area contributed by atoms with Crippen molar-refractivity contribution in [3.8, 4) is 5.75 Å². The lowest BCUT2D eigenvalue weighted by molar-refractivity contribution is -0.120. The number of nitrogens with one attached hydrogen (secondary N) is 1. The molecule has 1 aromatic carbocycles. The van der Waals surface area contributed by atoms with Gasteiger partial charge in [0, 0.05) is 30.5 Å². The number of rotatable bonds is 3. The molecule has 0 bridgehead atoms. The van der Waals surface area contributed by atoms with Crippen LogP contribution in [0.1, 0.15) is 12.8 Å². The Morgan fingerprint density at radius 1 is 1.35 bits per heavy atom. The number of benzene rings is 1. The molecule has 1 unspecified atom stereocenters. The average molecular weight is 333 g/mol. The lowest BCUT2D eigenvalue weighted by Crippen LogP contribution is -2.41. The van der Waals surface area contributed by atoms with Crippen LogP contribution in [0.4, 0.5) is 11.6 Å². The highest BCUT2D eigenvalue weighted by molar-refractivity contribution is 6.31. The lowest BCUT2D eigenvalue weighted by atomic mass is 9.97. The van der Waals surface area contributed by atoms with Crippen LogP contribution < -0.4 is 10.2 Å². The van der Waals surface area contributed by atoms with Gasteiger partial charge in [-0.25, -0.2) is 9.97 Å². The van der Waals surface area contributed by atoms with Crippen molar-refractivity contribution in [2.45, 2.75) is 12.8 Å². The van der Waals surface area contributed by atoms with Crippen LogP contribution in [0, 0.1) is 5.92 Å². The third-order valence-corrected chi connectivity index (χ3v) is 4.08. The summed E-state index contributed by atoms with van der Waals surface area (Å²) in [4.78, 5) is 22.9. The number of phenols is 1. The Labute approximate surface area is 139 Å². The van der Waals surface area contributed by atoms with Crippen molar-refractivity contribution >= 4 is 29.1 Å². The molecular formula is C16H17ClN4O2. The summed E-state index contributed by atoms with van der Waals surface area (Å²) in [6.07, 6.45) is 5.06. The summed E-state index contributed by atoms with van der Waals surface area (Å²) in [5.41, 5.74) is 0.329. The number of carbonyl (C=O) groups excluding carboxylic acids is 1. The first-order chi connectivity index (χ1) is 11.1. The molecule has 1 amide bonds. The van der Waals surface area contributed by atoms with Crippen LogP contribution in [0.5, 0.6) is 5.75 Å². The van der Waals surface area contributed by atoms with E-state index in [1.807, 2.05) is 4.90 Å². The van der Waals surface area contributed by atoms with Crippen LogP contribution in [0.3, 0.4) is 0 Å². The normalized spacial score (nSPS) is 17.8. The Morgan fingerprint density at radius 2 is 2.13 bits per heavy atom. The van der Waals surface area contributed by atoms with Crippen molar-refractivity contribution in [1.29, 1.82) is 0 Å². The Hall–Kier alpha value is -2.34. The Kier molecular flexibility index (Phi) is 4.62. The van der Waals surface area contributed by atoms with Crippen LogP contribution in [-0.4, -0.2) is 34.1 Å². The van der Waals surface area contributed by atoms with Gasteiger partial charge in [0.05, 0.1) is 11.6 Å². The highest BCUT2D eigenvalue weighted by Gasteiger charge is 2.27. The van der Waals surface area contributed by atoms with Crippen molar-refractivity contribution in [1.82, 2.24) is 9.97 Å². The summed E-state index contributed by atoms with van der Waals surface area (Å²) >= 11 is 5.90. The van der Waals surface area contributed by atoms with Crippen molar-refractivity contribution in [3.05, 3.63) is 41.7 Å². The summed E-state index contributed by atoms with van der Waals surface area (Å²) in [7, 11) is 0. The molecule has 6 nitrogen and oxygen atoms in total. The van der Waals surface area contributed by atoms with Gasteiger partial charge in [-0.3, -0.25) is 4.79 Å². The Bertz CT molecular complexity index is 696. The second kappa shape index (κ2) is 6.83. The van der Waals surface area contributed by atoms with Gasteiger partial charge < -0.3 is 15.3 Å². The maximum absolute atomic E-state index is 12.5. The number of carbonyl (C=O) groups is 1. The minimum Gasteiger partial charge on any atom is -0.506 e. The van der Waals surface area contributed by atoms with Crippen molar-refractivity contribution in [3.63, 3.8) is 0 Å². The fourth-order valence-electron chi connectivity index (χ4n) is 2.67. The van der Waals surface area contributed by atoms with Gasteiger partial charge in [-0.1, -0.05) is 11.6 Å². The van der Waals surface area contributed by atoms with E-state index in [4.69, 9.17) is 11.6 Å². The predicted molar refractivity (Wildman–Crippen MR) is 88.7 cm³/mol. The molecule has 2 N–H and O–H groups in total. The van der Waals surface area contributed by atoms with E-state index in [2.05, 4.69) is 15.3 Å². The van der Waals surface area contributed by atoms with E-state index in [-0.39, 0.29) is 17.6 Å². The Morgan fingerprint density at radius 3 is 2.91 bits per heavy atom. The molecule has 2 heterocycles. The largest absolute Gasteiger partial charge is 0.506 e. The highest BCUT2D eigenvalue weighted by Crippen LogP contribution is 2.28. The first kappa shape index (κ1) is 15.6. The molecule has 7 heteroatoms. The minimum atomic E-state index is -0.189. The molecule has 0 saturated carbocycles. The molecular weight excluding hydrogens is 316 g/mol. The Balaban J connectivity index is 1.69. The summed E-state index contributed by atoms with van der Waals surface area (Å²) in [6, 6.07) is 6.33. The SMILES string of the molecule is O=C(Nc1cc(Cl)ccc1O)C1CCCN(c2ncccn2)C1. The number of hydrogen-bond acceptors (Lipinski definition) is 5. The molecule has 1 aliphatic rings. The van der Waals surface area contributed by atoms with E-state index in [9.17, 15) is 9.90 Å². The van der Waals surface area contributed by atoms with E-state index in [0.29, 0.717) is 23.2 Å². The molecule has 1 atom stereocenters. The molecule has 0 spiro atoms. The molecule has 1 saturated heterocycles. The quantitative estimate of drug-likeness (QED) is 0.845. The van der Waals surface area contributed by atoms with Gasteiger partial charge in [-0.05, 0) is 37.1 Å². The van der Waals surface area contributed by atoms with E-state index < -0.39 is 0 Å². The monoisotopic (exact) mass is 332 g/mol. The molecule has 1 aromatic heterocycles. The number of halogens is 1. The van der Waals surface area contributed by atoms with Gasteiger partial charge in [0.2, 0.25) is 11.9 Å². The maximum Gasteiger partial charge on any atom is 0.229 e. The van der Waals surface area contributed by atoms with Crippen LogP contribution in [0.25, 0.3) is 0 Å². The van der Waals surface area contributed by atoms with Crippen molar-refractivity contribution in [2.75, 3.05) is 23.3 Å². The molecule has 3 rings (SSSR count). The maximum atomic E-state index is 12.5. The second-order valence-electron chi connectivity index (χ2n) is 5.48. The number of aromatic nitrogens is 2. The lowest BCUT2D eigenvalue weighted by Gasteiger charge is -2.31. The summed E-state index contributed by atoms with van der Waals surface area (Å²) in [5, 5.41) is 13.0. The predicted octanol–water partition coefficient (Wildman–Crippen LogP) is 2.69. The topological polar surface area (TPSA) is 78.4 Å². The van der Waals surface area contributed by atoms with Gasteiger partial charge in [0.1, 0.15) is 5.75 Å². The molecule has 1 fully saturated rings. The van der Waals surface area contributed by atoms with Crippen LogP contribution in [0.2, 0.25) is 5.02 Å².